The van der Waals surface area contributed by atoms with Crippen LogP contribution in [-0.4, -0.2) is 16.7 Å². The standard InChI is InChI=1S/C27H20O3/c28-25(19-11-3-1-4-12-19)23-17-9-7-15-21(23)22-16-8-10-18-24(22)27(30)26(29)20-13-5-2-6-14-20/h1-18,26,29H. The Morgan fingerprint density at radius 3 is 1.67 bits per heavy atom. The highest BCUT2D eigenvalue weighted by Crippen LogP contribution is 2.31. The van der Waals surface area contributed by atoms with E-state index in [0.29, 0.717) is 33.4 Å². The molecule has 146 valence electrons. The first-order chi connectivity index (χ1) is 14.7. The zero-order valence-corrected chi connectivity index (χ0v) is 16.2. The molecular weight excluding hydrogens is 372 g/mol. The molecule has 30 heavy (non-hydrogen) atoms. The average Bonchev–Trinajstić information content (AvgIpc) is 2.84. The van der Waals surface area contributed by atoms with Gasteiger partial charge in [0.1, 0.15) is 6.10 Å². The molecule has 0 bridgehead atoms. The number of carbonyl (C=O) groups is 2. The van der Waals surface area contributed by atoms with Gasteiger partial charge >= 0.3 is 0 Å². The maximum absolute atomic E-state index is 13.2. The van der Waals surface area contributed by atoms with Crippen molar-refractivity contribution in [2.75, 3.05) is 0 Å². The Labute approximate surface area is 175 Å². The summed E-state index contributed by atoms with van der Waals surface area (Å²) in [5.74, 6) is -0.518. The van der Waals surface area contributed by atoms with Crippen LogP contribution in [0.1, 0.15) is 37.9 Å². The Kier molecular flexibility index (Phi) is 5.64. The van der Waals surface area contributed by atoms with Gasteiger partial charge in [-0.05, 0) is 16.7 Å². The predicted molar refractivity (Wildman–Crippen MR) is 117 cm³/mol. The summed E-state index contributed by atoms with van der Waals surface area (Å²) in [6.07, 6.45) is -1.27. The first-order valence-electron chi connectivity index (χ1n) is 9.72. The molecule has 0 saturated carbocycles. The maximum Gasteiger partial charge on any atom is 0.196 e. The Balaban J connectivity index is 1.79. The molecule has 4 aromatic carbocycles. The highest BCUT2D eigenvalue weighted by molar-refractivity contribution is 6.14. The molecule has 1 N–H and O–H groups in total. The summed E-state index contributed by atoms with van der Waals surface area (Å²) >= 11 is 0. The third-order valence-electron chi connectivity index (χ3n) is 5.05. The Hall–Kier alpha value is -3.82. The fourth-order valence-electron chi connectivity index (χ4n) is 3.53. The van der Waals surface area contributed by atoms with Crippen LogP contribution in [0.15, 0.2) is 109 Å². The van der Waals surface area contributed by atoms with E-state index >= 15 is 0 Å². The lowest BCUT2D eigenvalue weighted by atomic mass is 9.88. The molecule has 0 radical (unpaired) electrons. The van der Waals surface area contributed by atoms with Crippen LogP contribution < -0.4 is 0 Å². The first kappa shape index (κ1) is 19.5. The van der Waals surface area contributed by atoms with Gasteiger partial charge in [-0.15, -0.1) is 0 Å². The lowest BCUT2D eigenvalue weighted by Crippen LogP contribution is -2.14. The normalized spacial score (nSPS) is 11.6. The van der Waals surface area contributed by atoms with Crippen molar-refractivity contribution < 1.29 is 14.7 Å². The Morgan fingerprint density at radius 2 is 1.03 bits per heavy atom. The smallest absolute Gasteiger partial charge is 0.196 e. The van der Waals surface area contributed by atoms with Crippen LogP contribution in [0.2, 0.25) is 0 Å². The molecule has 0 aliphatic carbocycles. The van der Waals surface area contributed by atoms with Gasteiger partial charge in [-0.25, -0.2) is 0 Å². The topological polar surface area (TPSA) is 54.4 Å². The summed E-state index contributed by atoms with van der Waals surface area (Å²) in [5, 5.41) is 10.7. The van der Waals surface area contributed by atoms with E-state index in [-0.39, 0.29) is 5.78 Å². The molecule has 0 saturated heterocycles. The first-order valence-corrected chi connectivity index (χ1v) is 9.72. The summed E-state index contributed by atoms with van der Waals surface area (Å²) in [4.78, 5) is 26.3. The number of aliphatic hydroxyl groups excluding tert-OH is 1. The fraction of sp³-hybridized carbons (Fsp3) is 0.0370. The Morgan fingerprint density at radius 1 is 0.567 bits per heavy atom. The molecule has 1 atom stereocenters. The van der Waals surface area contributed by atoms with Crippen LogP contribution in [0, 0.1) is 0 Å². The van der Waals surface area contributed by atoms with Crippen LogP contribution in [0.25, 0.3) is 11.1 Å². The minimum absolute atomic E-state index is 0.114. The Bertz CT molecular complexity index is 1180. The number of aliphatic hydroxyl groups is 1. The van der Waals surface area contributed by atoms with E-state index in [1.54, 1.807) is 54.6 Å². The molecular formula is C27H20O3. The van der Waals surface area contributed by atoms with Gasteiger partial charge in [0.05, 0.1) is 0 Å². The number of Topliss-reactive ketones (excluding diaryl/α,β-unsaturated/α-hetero) is 1. The van der Waals surface area contributed by atoms with E-state index in [1.807, 2.05) is 54.6 Å². The van der Waals surface area contributed by atoms with E-state index in [1.165, 1.54) is 0 Å². The highest BCUT2D eigenvalue weighted by Gasteiger charge is 2.24. The third-order valence-corrected chi connectivity index (χ3v) is 5.05. The summed E-state index contributed by atoms with van der Waals surface area (Å²) in [6, 6.07) is 32.2. The van der Waals surface area contributed by atoms with Crippen molar-refractivity contribution in [2.45, 2.75) is 6.10 Å². The molecule has 4 aromatic rings. The summed E-state index contributed by atoms with van der Waals surface area (Å²) in [6.45, 7) is 0. The van der Waals surface area contributed by atoms with Crippen LogP contribution in [0.5, 0.6) is 0 Å². The number of benzene rings is 4. The van der Waals surface area contributed by atoms with Gasteiger partial charge in [0.15, 0.2) is 11.6 Å². The van der Waals surface area contributed by atoms with Gasteiger partial charge in [0, 0.05) is 16.7 Å². The van der Waals surface area contributed by atoms with Crippen molar-refractivity contribution >= 4 is 11.6 Å². The van der Waals surface area contributed by atoms with Crippen molar-refractivity contribution in [3.05, 3.63) is 131 Å². The second kappa shape index (κ2) is 8.68. The molecule has 3 heteroatoms. The van der Waals surface area contributed by atoms with Gasteiger partial charge < -0.3 is 5.11 Å². The molecule has 1 unspecified atom stereocenters. The number of carbonyl (C=O) groups excluding carboxylic acids is 2. The van der Waals surface area contributed by atoms with Crippen LogP contribution >= 0.6 is 0 Å². The van der Waals surface area contributed by atoms with Crippen LogP contribution in [0.3, 0.4) is 0 Å². The summed E-state index contributed by atoms with van der Waals surface area (Å²) in [5.41, 5.74) is 3.29. The zero-order chi connectivity index (χ0) is 20.9. The van der Waals surface area contributed by atoms with E-state index in [2.05, 4.69) is 0 Å². The van der Waals surface area contributed by atoms with Gasteiger partial charge in [0.25, 0.3) is 0 Å². The van der Waals surface area contributed by atoms with E-state index < -0.39 is 11.9 Å². The number of ketones is 2. The average molecular weight is 392 g/mol. The SMILES string of the molecule is O=C(c1ccccc1)c1ccccc1-c1ccccc1C(=O)C(O)c1ccccc1. The quantitative estimate of drug-likeness (QED) is 0.441. The molecule has 0 fully saturated rings. The van der Waals surface area contributed by atoms with E-state index in [4.69, 9.17) is 0 Å². The predicted octanol–water partition coefficient (Wildman–Crippen LogP) is 5.50. The molecule has 0 amide bonds. The second-order valence-electron chi connectivity index (χ2n) is 6.96. The van der Waals surface area contributed by atoms with Gasteiger partial charge in [0.2, 0.25) is 0 Å². The maximum atomic E-state index is 13.2. The van der Waals surface area contributed by atoms with Crippen molar-refractivity contribution in [1.29, 1.82) is 0 Å². The molecule has 4 rings (SSSR count). The van der Waals surface area contributed by atoms with Crippen LogP contribution in [-0.2, 0) is 0 Å². The number of hydrogen-bond acceptors (Lipinski definition) is 3. The molecule has 0 aliphatic rings. The lowest BCUT2D eigenvalue weighted by molar-refractivity contribution is 0.0748. The van der Waals surface area contributed by atoms with Gasteiger partial charge in [-0.2, -0.15) is 0 Å². The second-order valence-corrected chi connectivity index (χ2v) is 6.96. The van der Waals surface area contributed by atoms with E-state index in [0.717, 1.165) is 0 Å². The van der Waals surface area contributed by atoms with Gasteiger partial charge in [-0.3, -0.25) is 9.59 Å². The molecule has 0 aromatic heterocycles. The molecule has 3 nitrogen and oxygen atoms in total. The van der Waals surface area contributed by atoms with Crippen molar-refractivity contribution in [3.63, 3.8) is 0 Å². The summed E-state index contributed by atoms with van der Waals surface area (Å²) in [7, 11) is 0. The summed E-state index contributed by atoms with van der Waals surface area (Å²) < 4.78 is 0. The molecule has 0 heterocycles. The monoisotopic (exact) mass is 392 g/mol. The van der Waals surface area contributed by atoms with Gasteiger partial charge in [-0.1, -0.05) is 109 Å². The van der Waals surface area contributed by atoms with E-state index in [9.17, 15) is 14.7 Å². The minimum atomic E-state index is -1.27. The third kappa shape index (κ3) is 3.84. The molecule has 0 spiro atoms. The van der Waals surface area contributed by atoms with Crippen molar-refractivity contribution in [3.8, 4) is 11.1 Å². The minimum Gasteiger partial charge on any atom is -0.380 e. The zero-order valence-electron chi connectivity index (χ0n) is 16.2. The van der Waals surface area contributed by atoms with Crippen molar-refractivity contribution in [2.24, 2.45) is 0 Å². The van der Waals surface area contributed by atoms with Crippen LogP contribution in [0.4, 0.5) is 0 Å². The molecule has 0 aliphatic heterocycles. The highest BCUT2D eigenvalue weighted by atomic mass is 16.3. The fourth-order valence-corrected chi connectivity index (χ4v) is 3.53. The number of rotatable bonds is 6. The van der Waals surface area contributed by atoms with Crippen molar-refractivity contribution in [1.82, 2.24) is 0 Å². The largest absolute Gasteiger partial charge is 0.380 e. The lowest BCUT2D eigenvalue weighted by Gasteiger charge is -2.16. The number of hydrogen-bond donors (Lipinski definition) is 1.